The molecule has 1 saturated carbocycles. The maximum Gasteiger partial charge on any atom is 0.326 e. The van der Waals surface area contributed by atoms with Crippen LogP contribution in [0.25, 0.3) is 0 Å². The Balaban J connectivity index is 1.99. The van der Waals surface area contributed by atoms with Gasteiger partial charge in [-0.15, -0.1) is 0 Å². The zero-order valence-corrected chi connectivity index (χ0v) is 29.3. The van der Waals surface area contributed by atoms with Crippen molar-refractivity contribution in [2.24, 2.45) is 17.3 Å². The van der Waals surface area contributed by atoms with Crippen molar-refractivity contribution >= 4 is 29.5 Å². The summed E-state index contributed by atoms with van der Waals surface area (Å²) in [5, 5.41) is 23.9. The largest absolute Gasteiger partial charge is 0.481 e. The number of nitrogens with one attached hydrogen (secondary N) is 2. The molecule has 0 aromatic rings. The molecular weight excluding hydrogens is 584 g/mol. The fourth-order valence-corrected chi connectivity index (χ4v) is 6.21. The number of ketones is 1. The van der Waals surface area contributed by atoms with E-state index < -0.39 is 23.4 Å². The summed E-state index contributed by atoms with van der Waals surface area (Å²) in [5.41, 5.74) is -0.530. The van der Waals surface area contributed by atoms with Crippen molar-refractivity contribution < 1.29 is 34.2 Å². The molecule has 9 heteroatoms. The molecule has 0 aromatic carbocycles. The molecule has 46 heavy (non-hydrogen) atoms. The van der Waals surface area contributed by atoms with Gasteiger partial charge in [-0.3, -0.25) is 19.2 Å². The minimum Gasteiger partial charge on any atom is -0.481 e. The van der Waals surface area contributed by atoms with E-state index in [2.05, 4.69) is 10.6 Å². The molecule has 1 rings (SSSR count). The van der Waals surface area contributed by atoms with Crippen molar-refractivity contribution in [3.8, 4) is 0 Å². The predicted octanol–water partition coefficient (Wildman–Crippen LogP) is 7.98. The van der Waals surface area contributed by atoms with Gasteiger partial charge < -0.3 is 20.8 Å². The fourth-order valence-electron chi connectivity index (χ4n) is 6.21. The second kappa shape index (κ2) is 24.7. The molecule has 1 aliphatic carbocycles. The molecule has 266 valence electrons. The lowest BCUT2D eigenvalue weighted by molar-refractivity contribution is -0.143. The highest BCUT2D eigenvalue weighted by Crippen LogP contribution is 2.29. The summed E-state index contributed by atoms with van der Waals surface area (Å²) in [6, 6.07) is -1.05. The number of aliphatic carboxylic acids is 2. The lowest BCUT2D eigenvalue weighted by Crippen LogP contribution is -2.45. The Labute approximate surface area is 278 Å². The van der Waals surface area contributed by atoms with Gasteiger partial charge in [0.15, 0.2) is 0 Å². The first-order valence-electron chi connectivity index (χ1n) is 18.4. The van der Waals surface area contributed by atoms with E-state index in [9.17, 15) is 29.1 Å². The van der Waals surface area contributed by atoms with E-state index in [0.29, 0.717) is 38.1 Å². The van der Waals surface area contributed by atoms with Crippen LogP contribution in [-0.2, 0) is 24.0 Å². The molecule has 0 aromatic heterocycles. The van der Waals surface area contributed by atoms with Crippen molar-refractivity contribution in [1.29, 1.82) is 0 Å². The van der Waals surface area contributed by atoms with Crippen LogP contribution in [-0.4, -0.2) is 52.3 Å². The fraction of sp³-hybridized carbons (Fsp3) is 0.865. The molecule has 2 amide bonds. The highest BCUT2D eigenvalue weighted by molar-refractivity contribution is 5.87. The SMILES string of the molecule is CC(C)(C)C(=O)CC[C@H](NC(=O)[C@H]1CC[C@H](CNC(=O)CCCCCCCCCCCCCCCCCCC(=O)O)CC1)C(=O)O. The summed E-state index contributed by atoms with van der Waals surface area (Å²) in [6.07, 6.45) is 23.2. The number of rotatable bonds is 27. The third-order valence-corrected chi connectivity index (χ3v) is 9.46. The Hall–Kier alpha value is -2.45. The van der Waals surface area contributed by atoms with Crippen molar-refractivity contribution in [2.75, 3.05) is 6.54 Å². The van der Waals surface area contributed by atoms with Gasteiger partial charge in [0.2, 0.25) is 11.8 Å². The van der Waals surface area contributed by atoms with Crippen LogP contribution in [0.15, 0.2) is 0 Å². The summed E-state index contributed by atoms with van der Waals surface area (Å²) in [5.74, 6) is -1.84. The molecule has 1 atom stereocenters. The second-order valence-corrected chi connectivity index (χ2v) is 14.7. The van der Waals surface area contributed by atoms with Crippen LogP contribution < -0.4 is 10.6 Å². The molecule has 9 nitrogen and oxygen atoms in total. The van der Waals surface area contributed by atoms with Gasteiger partial charge in [0.05, 0.1) is 0 Å². The van der Waals surface area contributed by atoms with Crippen LogP contribution in [0.5, 0.6) is 0 Å². The molecule has 1 aliphatic rings. The van der Waals surface area contributed by atoms with Crippen LogP contribution in [0.4, 0.5) is 0 Å². The molecule has 0 saturated heterocycles. The lowest BCUT2D eigenvalue weighted by Gasteiger charge is -2.29. The van der Waals surface area contributed by atoms with Crippen LogP contribution in [0, 0.1) is 17.3 Å². The Morgan fingerprint density at radius 3 is 1.48 bits per heavy atom. The Kier molecular flexibility index (Phi) is 22.3. The highest BCUT2D eigenvalue weighted by Gasteiger charge is 2.30. The zero-order valence-electron chi connectivity index (χ0n) is 29.3. The molecule has 0 heterocycles. The first-order chi connectivity index (χ1) is 21.9. The van der Waals surface area contributed by atoms with Crippen LogP contribution in [0.2, 0.25) is 0 Å². The Morgan fingerprint density at radius 1 is 0.630 bits per heavy atom. The molecule has 4 N–H and O–H groups in total. The smallest absolute Gasteiger partial charge is 0.326 e. The number of hydrogen-bond acceptors (Lipinski definition) is 5. The predicted molar refractivity (Wildman–Crippen MR) is 182 cm³/mol. The van der Waals surface area contributed by atoms with Crippen LogP contribution in [0.3, 0.4) is 0 Å². The summed E-state index contributed by atoms with van der Waals surface area (Å²) in [4.78, 5) is 59.4. The number of carboxylic acids is 2. The summed E-state index contributed by atoms with van der Waals surface area (Å²) < 4.78 is 0. The van der Waals surface area contributed by atoms with Crippen LogP contribution in [0.1, 0.15) is 175 Å². The molecule has 0 aliphatic heterocycles. The molecule has 0 spiro atoms. The Morgan fingerprint density at radius 2 is 1.07 bits per heavy atom. The zero-order chi connectivity index (χ0) is 34.2. The highest BCUT2D eigenvalue weighted by atomic mass is 16.4. The van der Waals surface area contributed by atoms with Gasteiger partial charge in [-0.1, -0.05) is 111 Å². The number of hydrogen-bond donors (Lipinski definition) is 4. The third kappa shape index (κ3) is 21.4. The summed E-state index contributed by atoms with van der Waals surface area (Å²) in [6.45, 7) is 6.05. The topological polar surface area (TPSA) is 150 Å². The number of Topliss-reactive ketones (excluding diaryl/α,β-unsaturated/α-hetero) is 1. The van der Waals surface area contributed by atoms with Gasteiger partial charge in [-0.25, -0.2) is 4.79 Å². The molecule has 1 fully saturated rings. The van der Waals surface area contributed by atoms with E-state index in [4.69, 9.17) is 5.11 Å². The van der Waals surface area contributed by atoms with Crippen molar-refractivity contribution in [2.45, 2.75) is 181 Å². The normalized spacial score (nSPS) is 17.3. The van der Waals surface area contributed by atoms with Gasteiger partial charge >= 0.3 is 11.9 Å². The maximum atomic E-state index is 12.7. The van der Waals surface area contributed by atoms with Gasteiger partial charge in [0, 0.05) is 37.1 Å². The first kappa shape index (κ1) is 41.6. The minimum atomic E-state index is -1.11. The van der Waals surface area contributed by atoms with E-state index in [1.807, 2.05) is 0 Å². The number of unbranched alkanes of at least 4 members (excludes halogenated alkanes) is 15. The average Bonchev–Trinajstić information content (AvgIpc) is 3.00. The van der Waals surface area contributed by atoms with E-state index in [1.165, 1.54) is 70.6 Å². The molecule has 0 bridgehead atoms. The standard InChI is InChI=1S/C37H66N2O7/c1-37(2,3)32(40)27-26-31(36(45)46)39-35(44)30-24-22-29(23-25-30)28-38-33(41)20-18-16-14-12-10-8-6-4-5-7-9-11-13-15-17-19-21-34(42)43/h29-31H,4-28H2,1-3H3,(H,38,41)(H,39,44)(H,42,43)(H,45,46)/t29-,30-,31-/m0/s1. The quantitative estimate of drug-likeness (QED) is 0.0658. The van der Waals surface area contributed by atoms with Crippen LogP contribution >= 0.6 is 0 Å². The maximum absolute atomic E-state index is 12.7. The van der Waals surface area contributed by atoms with Crippen molar-refractivity contribution in [1.82, 2.24) is 10.6 Å². The minimum absolute atomic E-state index is 0.0173. The molecule has 0 radical (unpaired) electrons. The Bertz CT molecular complexity index is 891. The number of amides is 2. The third-order valence-electron chi connectivity index (χ3n) is 9.46. The monoisotopic (exact) mass is 650 g/mol. The number of carbonyl (C=O) groups is 5. The summed E-state index contributed by atoms with van der Waals surface area (Å²) >= 11 is 0. The molecule has 0 unspecified atom stereocenters. The van der Waals surface area contributed by atoms with E-state index in [1.54, 1.807) is 20.8 Å². The average molecular weight is 651 g/mol. The number of carbonyl (C=O) groups excluding carboxylic acids is 3. The van der Waals surface area contributed by atoms with Crippen molar-refractivity contribution in [3.63, 3.8) is 0 Å². The van der Waals surface area contributed by atoms with Gasteiger partial charge in [0.25, 0.3) is 0 Å². The second-order valence-electron chi connectivity index (χ2n) is 14.7. The lowest BCUT2D eigenvalue weighted by atomic mass is 9.81. The van der Waals surface area contributed by atoms with Crippen molar-refractivity contribution in [3.05, 3.63) is 0 Å². The van der Waals surface area contributed by atoms with Gasteiger partial charge in [-0.2, -0.15) is 0 Å². The van der Waals surface area contributed by atoms with Gasteiger partial charge in [0.1, 0.15) is 11.8 Å². The van der Waals surface area contributed by atoms with E-state index in [-0.39, 0.29) is 36.4 Å². The first-order valence-corrected chi connectivity index (χ1v) is 18.4. The van der Waals surface area contributed by atoms with E-state index in [0.717, 1.165) is 44.9 Å². The number of carboxylic acid groups (broad SMARTS) is 2. The van der Waals surface area contributed by atoms with Gasteiger partial charge in [-0.05, 0) is 50.9 Å². The molecular formula is C37H66N2O7. The summed E-state index contributed by atoms with van der Waals surface area (Å²) in [7, 11) is 0. The van der Waals surface area contributed by atoms with E-state index >= 15 is 0 Å².